The molecule has 0 atom stereocenters. The summed E-state index contributed by atoms with van der Waals surface area (Å²) in [5, 5.41) is 11.0. The van der Waals surface area contributed by atoms with E-state index >= 15 is 0 Å². The van der Waals surface area contributed by atoms with E-state index < -0.39 is 5.97 Å². The van der Waals surface area contributed by atoms with Crippen molar-refractivity contribution in [3.63, 3.8) is 0 Å². The van der Waals surface area contributed by atoms with Gasteiger partial charge < -0.3 is 23.9 Å². The third kappa shape index (κ3) is 5.50. The number of rotatable bonds is 8. The number of carbonyl (C=O) groups excluding carboxylic acids is 1. The van der Waals surface area contributed by atoms with E-state index in [0.717, 1.165) is 32.6 Å². The third-order valence-corrected chi connectivity index (χ3v) is 6.62. The first kappa shape index (κ1) is 25.4. The average molecular weight is 515 g/mol. The number of phenolic OH excluding ortho intramolecular Hbond substituents is 1. The number of nitrogens with zero attached hydrogens (tertiary/aromatic N) is 2. The molecule has 0 spiro atoms. The maximum atomic E-state index is 13.2. The van der Waals surface area contributed by atoms with Gasteiger partial charge in [0.2, 0.25) is 11.2 Å². The van der Waals surface area contributed by atoms with Crippen LogP contribution in [0.2, 0.25) is 0 Å². The molecule has 1 aromatic heterocycles. The molecule has 8 heteroatoms. The summed E-state index contributed by atoms with van der Waals surface area (Å²) in [5.41, 5.74) is 2.19. The first-order chi connectivity index (χ1) is 18.5. The van der Waals surface area contributed by atoms with Crippen molar-refractivity contribution in [3.05, 3.63) is 94.3 Å². The van der Waals surface area contributed by atoms with Crippen molar-refractivity contribution in [3.8, 4) is 17.2 Å². The van der Waals surface area contributed by atoms with Gasteiger partial charge in [-0.05, 0) is 55.0 Å². The lowest BCUT2D eigenvalue weighted by molar-refractivity contribution is 0.0505. The Morgan fingerprint density at radius 3 is 2.42 bits per heavy atom. The van der Waals surface area contributed by atoms with Crippen LogP contribution in [0.5, 0.6) is 17.2 Å². The molecule has 0 unspecified atom stereocenters. The second-order valence-electron chi connectivity index (χ2n) is 9.23. The molecule has 1 saturated heterocycles. The lowest BCUT2D eigenvalue weighted by Crippen LogP contribution is -2.46. The number of piperazine rings is 1. The predicted octanol–water partition coefficient (Wildman–Crippen LogP) is 5.18. The van der Waals surface area contributed by atoms with E-state index in [1.54, 1.807) is 30.3 Å². The fourth-order valence-corrected chi connectivity index (χ4v) is 4.54. The van der Waals surface area contributed by atoms with Crippen LogP contribution in [0, 0.1) is 0 Å². The van der Waals surface area contributed by atoms with Gasteiger partial charge >= 0.3 is 5.97 Å². The number of anilines is 1. The van der Waals surface area contributed by atoms with E-state index in [1.807, 2.05) is 25.1 Å². The monoisotopic (exact) mass is 514 g/mol. The van der Waals surface area contributed by atoms with Crippen molar-refractivity contribution in [2.24, 2.45) is 0 Å². The van der Waals surface area contributed by atoms with Gasteiger partial charge in [-0.25, -0.2) is 4.79 Å². The Hall–Kier alpha value is -4.30. The van der Waals surface area contributed by atoms with Crippen LogP contribution in [-0.4, -0.2) is 48.8 Å². The summed E-state index contributed by atoms with van der Waals surface area (Å²) < 4.78 is 16.8. The highest BCUT2D eigenvalue weighted by molar-refractivity contribution is 5.89. The standard InChI is InChI=1S/C30H30N2O6/c1-2-18-36-30(35)21-8-10-23(11-9-21)38-27-20-37-29-24(28(27)34)12-13-26(33)25(29)19-31-14-16-32(17-15-31)22-6-4-3-5-7-22/h3-13,20,33H,2,14-19H2,1H3. The number of benzene rings is 3. The zero-order valence-corrected chi connectivity index (χ0v) is 21.3. The van der Waals surface area contributed by atoms with E-state index in [9.17, 15) is 14.7 Å². The SMILES string of the molecule is CCCOC(=O)c1ccc(Oc2coc3c(CN4CCN(c5ccccc5)CC4)c(O)ccc3c2=O)cc1. The highest BCUT2D eigenvalue weighted by Crippen LogP contribution is 2.30. The van der Waals surface area contributed by atoms with Crippen molar-refractivity contribution >= 4 is 22.6 Å². The Morgan fingerprint density at radius 1 is 0.974 bits per heavy atom. The van der Waals surface area contributed by atoms with Gasteiger partial charge in [0.1, 0.15) is 23.3 Å². The molecule has 196 valence electrons. The highest BCUT2D eigenvalue weighted by atomic mass is 16.5. The minimum atomic E-state index is -0.405. The fourth-order valence-electron chi connectivity index (χ4n) is 4.54. The second kappa shape index (κ2) is 11.4. The van der Waals surface area contributed by atoms with Crippen LogP contribution >= 0.6 is 0 Å². The van der Waals surface area contributed by atoms with E-state index in [4.69, 9.17) is 13.9 Å². The summed E-state index contributed by atoms with van der Waals surface area (Å²) in [5.74, 6) is 0.0914. The Morgan fingerprint density at radius 2 is 1.71 bits per heavy atom. The molecular weight excluding hydrogens is 484 g/mol. The number of hydrogen-bond acceptors (Lipinski definition) is 8. The van der Waals surface area contributed by atoms with Crippen LogP contribution in [0.1, 0.15) is 29.3 Å². The lowest BCUT2D eigenvalue weighted by Gasteiger charge is -2.36. The van der Waals surface area contributed by atoms with Gasteiger partial charge in [0, 0.05) is 38.4 Å². The topological polar surface area (TPSA) is 92.5 Å². The predicted molar refractivity (Wildman–Crippen MR) is 145 cm³/mol. The summed E-state index contributed by atoms with van der Waals surface area (Å²) in [6, 6.07) is 19.7. The molecule has 0 radical (unpaired) electrons. The van der Waals surface area contributed by atoms with Crippen LogP contribution in [0.25, 0.3) is 11.0 Å². The van der Waals surface area contributed by atoms with Gasteiger partial charge in [-0.3, -0.25) is 9.69 Å². The summed E-state index contributed by atoms with van der Waals surface area (Å²) in [6.07, 6.45) is 2.01. The molecule has 1 N–H and O–H groups in total. The van der Waals surface area contributed by atoms with Gasteiger partial charge in [0.25, 0.3) is 0 Å². The van der Waals surface area contributed by atoms with Gasteiger partial charge in [-0.15, -0.1) is 0 Å². The average Bonchev–Trinajstić information content (AvgIpc) is 2.96. The summed E-state index contributed by atoms with van der Waals surface area (Å²) >= 11 is 0. The molecule has 5 rings (SSSR count). The van der Waals surface area contributed by atoms with E-state index in [2.05, 4.69) is 21.9 Å². The lowest BCUT2D eigenvalue weighted by atomic mass is 10.1. The molecule has 4 aromatic rings. The first-order valence-corrected chi connectivity index (χ1v) is 12.8. The first-order valence-electron chi connectivity index (χ1n) is 12.8. The van der Waals surface area contributed by atoms with Crippen LogP contribution < -0.4 is 15.1 Å². The van der Waals surface area contributed by atoms with Crippen molar-refractivity contribution in [2.45, 2.75) is 19.9 Å². The maximum Gasteiger partial charge on any atom is 0.338 e. The normalized spacial score (nSPS) is 14.0. The molecule has 2 heterocycles. The van der Waals surface area contributed by atoms with Crippen LogP contribution in [0.3, 0.4) is 0 Å². The van der Waals surface area contributed by atoms with Gasteiger partial charge in [0.05, 0.1) is 23.1 Å². The van der Waals surface area contributed by atoms with Crippen molar-refractivity contribution in [1.29, 1.82) is 0 Å². The highest BCUT2D eigenvalue weighted by Gasteiger charge is 2.21. The Labute approximate surface area is 220 Å². The molecule has 0 aliphatic carbocycles. The smallest absolute Gasteiger partial charge is 0.338 e. The molecule has 0 bridgehead atoms. The largest absolute Gasteiger partial charge is 0.507 e. The molecule has 1 fully saturated rings. The van der Waals surface area contributed by atoms with Crippen molar-refractivity contribution in [1.82, 2.24) is 4.90 Å². The second-order valence-corrected chi connectivity index (χ2v) is 9.23. The van der Waals surface area contributed by atoms with E-state index in [0.29, 0.717) is 41.0 Å². The number of phenols is 1. The number of ether oxygens (including phenoxy) is 2. The Balaban J connectivity index is 1.30. The van der Waals surface area contributed by atoms with Crippen LogP contribution in [-0.2, 0) is 11.3 Å². The van der Waals surface area contributed by atoms with E-state index in [1.165, 1.54) is 18.0 Å². The number of fused-ring (bicyclic) bond motifs is 1. The number of hydrogen-bond donors (Lipinski definition) is 1. The van der Waals surface area contributed by atoms with Gasteiger partial charge in [-0.2, -0.15) is 0 Å². The Bertz CT molecular complexity index is 1460. The van der Waals surface area contributed by atoms with Crippen molar-refractivity contribution < 1.29 is 23.8 Å². The number of aromatic hydroxyl groups is 1. The van der Waals surface area contributed by atoms with Gasteiger partial charge in [-0.1, -0.05) is 25.1 Å². The molecular formula is C30H30N2O6. The molecule has 8 nitrogen and oxygen atoms in total. The quantitative estimate of drug-likeness (QED) is 0.322. The minimum Gasteiger partial charge on any atom is -0.507 e. The molecule has 1 aliphatic rings. The molecule has 1 aliphatic heterocycles. The van der Waals surface area contributed by atoms with Crippen molar-refractivity contribution in [2.75, 3.05) is 37.7 Å². The molecule has 3 aromatic carbocycles. The summed E-state index contributed by atoms with van der Waals surface area (Å²) in [7, 11) is 0. The number of carbonyl (C=O) groups is 1. The summed E-state index contributed by atoms with van der Waals surface area (Å²) in [4.78, 5) is 29.8. The number of esters is 1. The maximum absolute atomic E-state index is 13.2. The molecule has 38 heavy (non-hydrogen) atoms. The number of para-hydroxylation sites is 1. The van der Waals surface area contributed by atoms with Crippen LogP contribution in [0.15, 0.2) is 82.2 Å². The zero-order chi connectivity index (χ0) is 26.5. The van der Waals surface area contributed by atoms with Crippen LogP contribution in [0.4, 0.5) is 5.69 Å². The fraction of sp³-hybridized carbons (Fsp3) is 0.267. The van der Waals surface area contributed by atoms with Gasteiger partial charge in [0.15, 0.2) is 0 Å². The van der Waals surface area contributed by atoms with E-state index in [-0.39, 0.29) is 16.9 Å². The zero-order valence-electron chi connectivity index (χ0n) is 21.3. The summed E-state index contributed by atoms with van der Waals surface area (Å²) in [6.45, 7) is 6.12. The molecule has 0 amide bonds. The molecule has 0 saturated carbocycles. The Kier molecular flexibility index (Phi) is 7.60. The minimum absolute atomic E-state index is 0.0203. The third-order valence-electron chi connectivity index (χ3n) is 6.62.